The Morgan fingerprint density at radius 3 is 2.38 bits per heavy atom. The van der Waals surface area contributed by atoms with Crippen LogP contribution in [0.4, 0.5) is 0 Å². The number of furan rings is 1. The molecule has 8 heteroatoms. The highest BCUT2D eigenvalue weighted by Gasteiger charge is 2.35. The van der Waals surface area contributed by atoms with E-state index in [-0.39, 0.29) is 23.9 Å². The maximum absolute atomic E-state index is 12.9. The van der Waals surface area contributed by atoms with Crippen LogP contribution >= 0.6 is 15.9 Å². The van der Waals surface area contributed by atoms with Gasteiger partial charge in [0.15, 0.2) is 10.4 Å². The summed E-state index contributed by atoms with van der Waals surface area (Å²) in [6.45, 7) is 6.26. The minimum Gasteiger partial charge on any atom is -0.444 e. The van der Waals surface area contributed by atoms with Crippen molar-refractivity contribution in [2.24, 2.45) is 0 Å². The molecule has 2 unspecified atom stereocenters. The van der Waals surface area contributed by atoms with Crippen LogP contribution in [0.25, 0.3) is 0 Å². The van der Waals surface area contributed by atoms with Crippen molar-refractivity contribution in [1.82, 2.24) is 20.7 Å². The molecule has 0 saturated carbocycles. The Morgan fingerprint density at radius 2 is 1.72 bits per heavy atom. The lowest BCUT2D eigenvalue weighted by Crippen LogP contribution is -2.54. The Balaban J connectivity index is 1.32. The van der Waals surface area contributed by atoms with E-state index in [1.165, 1.54) is 16.7 Å². The van der Waals surface area contributed by atoms with Crippen molar-refractivity contribution in [3.05, 3.63) is 57.5 Å². The molecule has 3 heterocycles. The van der Waals surface area contributed by atoms with E-state index >= 15 is 0 Å². The van der Waals surface area contributed by atoms with Crippen LogP contribution in [0.15, 0.2) is 39.4 Å². The van der Waals surface area contributed by atoms with Crippen LogP contribution in [0.2, 0.25) is 0 Å². The molecule has 2 fully saturated rings. The number of amides is 2. The number of piperazine rings is 1. The van der Waals surface area contributed by atoms with E-state index < -0.39 is 0 Å². The van der Waals surface area contributed by atoms with E-state index in [1.807, 2.05) is 4.90 Å². The van der Waals surface area contributed by atoms with Gasteiger partial charge in [-0.15, -0.1) is 0 Å². The minimum atomic E-state index is -0.259. The van der Waals surface area contributed by atoms with Gasteiger partial charge in [0.05, 0.1) is 0 Å². The van der Waals surface area contributed by atoms with Crippen LogP contribution in [0.5, 0.6) is 0 Å². The van der Waals surface area contributed by atoms with Gasteiger partial charge in [-0.3, -0.25) is 9.59 Å². The van der Waals surface area contributed by atoms with Gasteiger partial charge in [-0.05, 0) is 65.0 Å². The summed E-state index contributed by atoms with van der Waals surface area (Å²) in [5, 5.41) is 0. The highest BCUT2D eigenvalue weighted by atomic mass is 79.9. The first-order valence-corrected chi connectivity index (χ1v) is 10.6. The van der Waals surface area contributed by atoms with Crippen LogP contribution in [0.3, 0.4) is 0 Å². The SMILES string of the molecule is Cc1ccc(C2CC(C(=O)N3CCN(C(=O)c4ccc(Br)o4)CC3)NN2)cc1C. The number of rotatable bonds is 3. The van der Waals surface area contributed by atoms with Gasteiger partial charge in [-0.1, -0.05) is 18.2 Å². The average molecular weight is 461 g/mol. The summed E-state index contributed by atoms with van der Waals surface area (Å²) in [4.78, 5) is 29.0. The topological polar surface area (TPSA) is 77.8 Å². The van der Waals surface area contributed by atoms with Crippen LogP contribution in [-0.2, 0) is 4.79 Å². The van der Waals surface area contributed by atoms with E-state index in [0.29, 0.717) is 43.0 Å². The van der Waals surface area contributed by atoms with Gasteiger partial charge in [-0.25, -0.2) is 10.9 Å². The molecule has 29 heavy (non-hydrogen) atoms. The Bertz CT molecular complexity index is 920. The predicted molar refractivity (Wildman–Crippen MR) is 112 cm³/mol. The number of halogens is 1. The highest BCUT2D eigenvalue weighted by Crippen LogP contribution is 2.25. The summed E-state index contributed by atoms with van der Waals surface area (Å²) in [5.74, 6) is 0.254. The molecule has 1 aromatic carbocycles. The molecular formula is C21H25BrN4O3. The fourth-order valence-electron chi connectivity index (χ4n) is 3.85. The maximum Gasteiger partial charge on any atom is 0.289 e. The molecule has 0 radical (unpaired) electrons. The molecule has 7 nitrogen and oxygen atoms in total. The third-order valence-corrected chi connectivity index (χ3v) is 6.22. The molecule has 1 aromatic heterocycles. The molecule has 2 N–H and O–H groups in total. The van der Waals surface area contributed by atoms with E-state index in [9.17, 15) is 9.59 Å². The van der Waals surface area contributed by atoms with Gasteiger partial charge in [-0.2, -0.15) is 0 Å². The van der Waals surface area contributed by atoms with Crippen molar-refractivity contribution in [3.8, 4) is 0 Å². The van der Waals surface area contributed by atoms with Crippen molar-refractivity contribution < 1.29 is 14.0 Å². The molecule has 2 atom stereocenters. The second-order valence-corrected chi connectivity index (χ2v) is 8.48. The van der Waals surface area contributed by atoms with Crippen molar-refractivity contribution in [2.75, 3.05) is 26.2 Å². The number of aryl methyl sites for hydroxylation is 2. The molecule has 4 rings (SSSR count). The average Bonchev–Trinajstić information content (AvgIpc) is 3.38. The van der Waals surface area contributed by atoms with E-state index in [0.717, 1.165) is 0 Å². The zero-order chi connectivity index (χ0) is 20.5. The van der Waals surface area contributed by atoms with Crippen molar-refractivity contribution >= 4 is 27.7 Å². The zero-order valence-corrected chi connectivity index (χ0v) is 18.2. The van der Waals surface area contributed by atoms with Crippen molar-refractivity contribution in [3.63, 3.8) is 0 Å². The molecule has 2 saturated heterocycles. The normalized spacial score (nSPS) is 22.2. The van der Waals surface area contributed by atoms with Gasteiger partial charge >= 0.3 is 0 Å². The quantitative estimate of drug-likeness (QED) is 0.735. The van der Waals surface area contributed by atoms with Gasteiger partial charge in [0, 0.05) is 32.2 Å². The number of hydrogen-bond donors (Lipinski definition) is 2. The molecule has 2 aliphatic rings. The lowest BCUT2D eigenvalue weighted by atomic mass is 9.98. The van der Waals surface area contributed by atoms with Crippen molar-refractivity contribution in [2.45, 2.75) is 32.4 Å². The summed E-state index contributed by atoms with van der Waals surface area (Å²) in [7, 11) is 0. The summed E-state index contributed by atoms with van der Waals surface area (Å²) < 4.78 is 5.89. The van der Waals surface area contributed by atoms with E-state index in [2.05, 4.69) is 58.8 Å². The molecule has 0 spiro atoms. The van der Waals surface area contributed by atoms with Gasteiger partial charge in [0.1, 0.15) is 6.04 Å². The second-order valence-electron chi connectivity index (χ2n) is 7.69. The van der Waals surface area contributed by atoms with Crippen molar-refractivity contribution in [1.29, 1.82) is 0 Å². The predicted octanol–water partition coefficient (Wildman–Crippen LogP) is 2.55. The molecule has 2 aromatic rings. The van der Waals surface area contributed by atoms with E-state index in [4.69, 9.17) is 4.42 Å². The van der Waals surface area contributed by atoms with Gasteiger partial charge in [0.2, 0.25) is 5.91 Å². The fraction of sp³-hybridized carbons (Fsp3) is 0.429. The third kappa shape index (κ3) is 4.24. The van der Waals surface area contributed by atoms with Crippen LogP contribution in [-0.4, -0.2) is 53.8 Å². The third-order valence-electron chi connectivity index (χ3n) is 5.80. The summed E-state index contributed by atoms with van der Waals surface area (Å²) in [5.41, 5.74) is 10.1. The molecule has 2 aliphatic heterocycles. The molecule has 0 aliphatic carbocycles. The Hall–Kier alpha value is -2.16. The fourth-order valence-corrected chi connectivity index (χ4v) is 4.16. The maximum atomic E-state index is 12.9. The number of carbonyl (C=O) groups is 2. The number of carbonyl (C=O) groups excluding carboxylic acids is 2. The molecule has 154 valence electrons. The lowest BCUT2D eigenvalue weighted by molar-refractivity contribution is -0.134. The van der Waals surface area contributed by atoms with E-state index in [1.54, 1.807) is 17.0 Å². The number of nitrogens with zero attached hydrogens (tertiary/aromatic N) is 2. The first-order chi connectivity index (χ1) is 13.9. The first kappa shape index (κ1) is 20.1. The van der Waals surface area contributed by atoms with Crippen LogP contribution < -0.4 is 10.9 Å². The summed E-state index contributed by atoms with van der Waals surface area (Å²) in [6.07, 6.45) is 0.709. The number of hydrazine groups is 1. The smallest absolute Gasteiger partial charge is 0.289 e. The number of hydrogen-bond acceptors (Lipinski definition) is 5. The molecular weight excluding hydrogens is 436 g/mol. The second kappa shape index (κ2) is 8.30. The molecule has 2 amide bonds. The first-order valence-electron chi connectivity index (χ1n) is 9.84. The minimum absolute atomic E-state index is 0.0803. The van der Waals surface area contributed by atoms with Gasteiger partial charge < -0.3 is 14.2 Å². The zero-order valence-electron chi connectivity index (χ0n) is 16.6. The largest absolute Gasteiger partial charge is 0.444 e. The Labute approximate surface area is 178 Å². The Kier molecular flexibility index (Phi) is 5.76. The summed E-state index contributed by atoms with van der Waals surface area (Å²) >= 11 is 3.22. The summed E-state index contributed by atoms with van der Waals surface area (Å²) in [6, 6.07) is 9.64. The monoisotopic (exact) mass is 460 g/mol. The lowest BCUT2D eigenvalue weighted by Gasteiger charge is -2.35. The van der Waals surface area contributed by atoms with Crippen LogP contribution in [0.1, 0.15) is 39.7 Å². The van der Waals surface area contributed by atoms with Gasteiger partial charge in [0.25, 0.3) is 5.91 Å². The highest BCUT2D eigenvalue weighted by molar-refractivity contribution is 9.10. The Morgan fingerprint density at radius 1 is 1.00 bits per heavy atom. The number of nitrogens with one attached hydrogen (secondary N) is 2. The number of benzene rings is 1. The van der Waals surface area contributed by atoms with Crippen LogP contribution in [0, 0.1) is 13.8 Å². The molecule has 0 bridgehead atoms. The standard InChI is InChI=1S/C21H25BrN4O3/c1-13-3-4-15(11-14(13)2)16-12-17(24-23-16)20(27)25-7-9-26(10-8-25)21(28)18-5-6-19(22)29-18/h3-6,11,16-17,23-24H,7-10,12H2,1-2H3.